The molecule has 7 nitrogen and oxygen atoms in total. The highest BCUT2D eigenvalue weighted by Gasteiger charge is 2.34. The Bertz CT molecular complexity index is 790. The first-order valence-electron chi connectivity index (χ1n) is 12.4. The number of carbonyl (C=O) groups is 2. The Hall–Kier alpha value is -2.41. The molecule has 2 aliphatic heterocycles. The van der Waals surface area contributed by atoms with E-state index in [-0.39, 0.29) is 11.8 Å². The monoisotopic (exact) mass is 439 g/mol. The predicted molar refractivity (Wildman–Crippen MR) is 127 cm³/mol. The average molecular weight is 440 g/mol. The Morgan fingerprint density at radius 2 is 1.66 bits per heavy atom. The molecule has 0 spiro atoms. The second-order valence-electron chi connectivity index (χ2n) is 9.17. The number of nitrogens with one attached hydrogen (secondary N) is 2. The van der Waals surface area contributed by atoms with Crippen molar-refractivity contribution in [2.45, 2.75) is 70.4 Å². The highest BCUT2D eigenvalue weighted by Crippen LogP contribution is 2.26. The lowest BCUT2D eigenvalue weighted by molar-refractivity contribution is 0.0652. The van der Waals surface area contributed by atoms with Gasteiger partial charge in [-0.15, -0.1) is 0 Å². The number of likely N-dealkylation sites (tertiary alicyclic amines) is 1. The fourth-order valence-electron chi connectivity index (χ4n) is 5.21. The van der Waals surface area contributed by atoms with Crippen molar-refractivity contribution in [3.63, 3.8) is 0 Å². The summed E-state index contributed by atoms with van der Waals surface area (Å²) in [6.45, 7) is 6.42. The average Bonchev–Trinajstić information content (AvgIpc) is 3.43. The zero-order chi connectivity index (χ0) is 22.3. The summed E-state index contributed by atoms with van der Waals surface area (Å²) in [5.41, 5.74) is 1.04. The third-order valence-corrected chi connectivity index (χ3v) is 6.99. The van der Waals surface area contributed by atoms with Gasteiger partial charge >= 0.3 is 0 Å². The van der Waals surface area contributed by atoms with Gasteiger partial charge in [-0.1, -0.05) is 25.0 Å². The number of fused-ring (bicyclic) bond motifs is 1. The van der Waals surface area contributed by atoms with Crippen molar-refractivity contribution in [1.29, 1.82) is 0 Å². The van der Waals surface area contributed by atoms with Crippen molar-refractivity contribution in [3.8, 4) is 0 Å². The number of imide groups is 1. The summed E-state index contributed by atoms with van der Waals surface area (Å²) in [6.07, 6.45) is 9.48. The molecule has 1 aromatic carbocycles. The Morgan fingerprint density at radius 3 is 2.28 bits per heavy atom. The van der Waals surface area contributed by atoms with Gasteiger partial charge in [0.05, 0.1) is 11.1 Å². The lowest BCUT2D eigenvalue weighted by atomic mass is 10.0. The van der Waals surface area contributed by atoms with Gasteiger partial charge < -0.3 is 15.5 Å². The molecule has 2 amide bonds. The summed E-state index contributed by atoms with van der Waals surface area (Å²) in [5, 5.41) is 6.98. The molecule has 2 N–H and O–H groups in total. The number of amides is 2. The number of unbranched alkanes of at least 4 members (excludes halogenated alkanes) is 1. The summed E-state index contributed by atoms with van der Waals surface area (Å²) >= 11 is 0. The van der Waals surface area contributed by atoms with Gasteiger partial charge in [-0.25, -0.2) is 0 Å². The van der Waals surface area contributed by atoms with E-state index in [1.165, 1.54) is 56.5 Å². The summed E-state index contributed by atoms with van der Waals surface area (Å²) in [7, 11) is 0. The predicted octanol–water partition coefficient (Wildman–Crippen LogP) is 3.02. The Morgan fingerprint density at radius 1 is 1.00 bits per heavy atom. The van der Waals surface area contributed by atoms with Crippen LogP contribution in [0.2, 0.25) is 0 Å². The van der Waals surface area contributed by atoms with Crippen LogP contribution in [-0.4, -0.2) is 72.4 Å². The van der Waals surface area contributed by atoms with Gasteiger partial charge in [0.25, 0.3) is 11.8 Å². The van der Waals surface area contributed by atoms with Crippen LogP contribution in [0, 0.1) is 0 Å². The van der Waals surface area contributed by atoms with E-state index in [0.29, 0.717) is 30.3 Å². The standard InChI is InChI=1S/C25H37N5O2/c1-2-26-25(28-19-13-17-29(18-14-19)20-9-3-4-10-20)27-15-7-8-16-30-23(31)21-11-5-6-12-22(21)24(30)32/h5-6,11-12,19-20H,2-4,7-10,13-18H2,1H3,(H2,26,27,28). The van der Waals surface area contributed by atoms with Gasteiger partial charge in [0.15, 0.2) is 5.96 Å². The van der Waals surface area contributed by atoms with Crippen LogP contribution in [0.5, 0.6) is 0 Å². The molecule has 0 unspecified atom stereocenters. The number of hydrogen-bond acceptors (Lipinski definition) is 4. The molecule has 2 fully saturated rings. The van der Waals surface area contributed by atoms with E-state index in [4.69, 9.17) is 4.99 Å². The van der Waals surface area contributed by atoms with E-state index in [9.17, 15) is 9.59 Å². The second-order valence-corrected chi connectivity index (χ2v) is 9.17. The summed E-state index contributed by atoms with van der Waals surface area (Å²) < 4.78 is 0. The van der Waals surface area contributed by atoms with E-state index in [1.807, 2.05) is 0 Å². The molecule has 174 valence electrons. The lowest BCUT2D eigenvalue weighted by Crippen LogP contribution is -2.50. The number of aliphatic imine (C=N–C) groups is 1. The Kier molecular flexibility index (Phi) is 7.79. The zero-order valence-electron chi connectivity index (χ0n) is 19.3. The number of hydrogen-bond donors (Lipinski definition) is 2. The van der Waals surface area contributed by atoms with Crippen LogP contribution in [0.1, 0.15) is 79.0 Å². The molecule has 0 atom stereocenters. The number of guanidine groups is 1. The van der Waals surface area contributed by atoms with Gasteiger partial charge in [-0.2, -0.15) is 0 Å². The molecule has 1 aromatic rings. The van der Waals surface area contributed by atoms with Gasteiger partial charge in [-0.05, 0) is 57.6 Å². The third kappa shape index (κ3) is 5.31. The normalized spacial score (nSPS) is 20.8. The molecule has 3 aliphatic rings. The number of carbonyl (C=O) groups excluding carboxylic acids is 2. The van der Waals surface area contributed by atoms with Crippen LogP contribution < -0.4 is 10.6 Å². The molecular weight excluding hydrogens is 402 g/mol. The first kappa shape index (κ1) is 22.8. The van der Waals surface area contributed by atoms with Crippen LogP contribution in [0.4, 0.5) is 0 Å². The molecule has 0 aromatic heterocycles. The van der Waals surface area contributed by atoms with Crippen molar-refractivity contribution in [3.05, 3.63) is 35.4 Å². The number of piperidine rings is 1. The van der Waals surface area contributed by atoms with Crippen molar-refractivity contribution in [2.75, 3.05) is 32.7 Å². The molecular formula is C25H37N5O2. The summed E-state index contributed by atoms with van der Waals surface area (Å²) in [5.74, 6) is 0.536. The van der Waals surface area contributed by atoms with Crippen LogP contribution in [0.25, 0.3) is 0 Å². The van der Waals surface area contributed by atoms with E-state index >= 15 is 0 Å². The fraction of sp³-hybridized carbons (Fsp3) is 0.640. The molecule has 7 heteroatoms. The molecule has 4 rings (SSSR count). The fourth-order valence-corrected chi connectivity index (χ4v) is 5.21. The highest BCUT2D eigenvalue weighted by atomic mass is 16.2. The first-order chi connectivity index (χ1) is 15.7. The van der Waals surface area contributed by atoms with E-state index in [0.717, 1.165) is 31.4 Å². The SMILES string of the molecule is CCNC(=NCCCCN1C(=O)c2ccccc2C1=O)NC1CCN(C2CCCC2)CC1. The number of rotatable bonds is 8. The molecule has 0 radical (unpaired) electrons. The Balaban J connectivity index is 1.19. The first-order valence-corrected chi connectivity index (χ1v) is 12.4. The van der Waals surface area contributed by atoms with Gasteiger partial charge in [0.2, 0.25) is 0 Å². The minimum atomic E-state index is -0.173. The molecule has 1 aliphatic carbocycles. The maximum absolute atomic E-state index is 12.4. The summed E-state index contributed by atoms with van der Waals surface area (Å²) in [4.78, 5) is 33.7. The third-order valence-electron chi connectivity index (χ3n) is 6.99. The lowest BCUT2D eigenvalue weighted by Gasteiger charge is -2.36. The number of nitrogens with zero attached hydrogens (tertiary/aromatic N) is 3. The quantitative estimate of drug-likeness (QED) is 0.282. The highest BCUT2D eigenvalue weighted by molar-refractivity contribution is 6.21. The maximum atomic E-state index is 12.4. The van der Waals surface area contributed by atoms with Crippen LogP contribution in [-0.2, 0) is 0 Å². The van der Waals surface area contributed by atoms with Gasteiger partial charge in [0, 0.05) is 44.8 Å². The number of benzene rings is 1. The largest absolute Gasteiger partial charge is 0.357 e. The van der Waals surface area contributed by atoms with E-state index < -0.39 is 0 Å². The Labute approximate surface area is 191 Å². The van der Waals surface area contributed by atoms with Crippen LogP contribution >= 0.6 is 0 Å². The van der Waals surface area contributed by atoms with Crippen molar-refractivity contribution < 1.29 is 9.59 Å². The summed E-state index contributed by atoms with van der Waals surface area (Å²) in [6, 6.07) is 8.36. The maximum Gasteiger partial charge on any atom is 0.261 e. The molecule has 32 heavy (non-hydrogen) atoms. The minimum Gasteiger partial charge on any atom is -0.357 e. The van der Waals surface area contributed by atoms with Crippen LogP contribution in [0.3, 0.4) is 0 Å². The van der Waals surface area contributed by atoms with Crippen molar-refractivity contribution in [1.82, 2.24) is 20.4 Å². The van der Waals surface area contributed by atoms with E-state index in [1.54, 1.807) is 24.3 Å². The smallest absolute Gasteiger partial charge is 0.261 e. The van der Waals surface area contributed by atoms with Gasteiger partial charge in [0.1, 0.15) is 0 Å². The zero-order valence-corrected chi connectivity index (χ0v) is 19.3. The molecule has 1 saturated carbocycles. The van der Waals surface area contributed by atoms with Gasteiger partial charge in [-0.3, -0.25) is 19.5 Å². The minimum absolute atomic E-state index is 0.173. The molecule has 1 saturated heterocycles. The molecule has 0 bridgehead atoms. The van der Waals surface area contributed by atoms with E-state index in [2.05, 4.69) is 22.5 Å². The topological polar surface area (TPSA) is 77.0 Å². The second kappa shape index (κ2) is 10.9. The van der Waals surface area contributed by atoms with Crippen LogP contribution in [0.15, 0.2) is 29.3 Å². The van der Waals surface area contributed by atoms with Crippen molar-refractivity contribution in [2.24, 2.45) is 4.99 Å². The molecule has 2 heterocycles. The van der Waals surface area contributed by atoms with Crippen molar-refractivity contribution >= 4 is 17.8 Å².